The van der Waals surface area contributed by atoms with Crippen molar-refractivity contribution in [1.29, 1.82) is 0 Å². The van der Waals surface area contributed by atoms with Crippen LogP contribution in [0.4, 0.5) is 5.69 Å². The summed E-state index contributed by atoms with van der Waals surface area (Å²) in [6.45, 7) is 0.219. The Morgan fingerprint density at radius 2 is 2.00 bits per heavy atom. The van der Waals surface area contributed by atoms with E-state index < -0.39 is 4.92 Å². The number of nitro groups is 1. The third-order valence-electron chi connectivity index (χ3n) is 2.90. The molecule has 0 amide bonds. The van der Waals surface area contributed by atoms with E-state index in [1.165, 1.54) is 18.2 Å². The van der Waals surface area contributed by atoms with Crippen molar-refractivity contribution in [2.75, 3.05) is 0 Å². The molecule has 110 valence electrons. The molecule has 0 spiro atoms. The Morgan fingerprint density at radius 3 is 2.67 bits per heavy atom. The van der Waals surface area contributed by atoms with Crippen LogP contribution in [-0.2, 0) is 13.2 Å². The van der Waals surface area contributed by atoms with E-state index in [0.29, 0.717) is 26.9 Å². The van der Waals surface area contributed by atoms with E-state index in [2.05, 4.69) is 0 Å². The Balaban J connectivity index is 2.26. The van der Waals surface area contributed by atoms with Gasteiger partial charge in [-0.1, -0.05) is 29.3 Å². The molecule has 0 heterocycles. The second-order valence-electron chi connectivity index (χ2n) is 4.24. The van der Waals surface area contributed by atoms with Crippen LogP contribution in [0.5, 0.6) is 5.75 Å². The summed E-state index contributed by atoms with van der Waals surface area (Å²) < 4.78 is 5.61. The van der Waals surface area contributed by atoms with Gasteiger partial charge in [-0.25, -0.2) is 0 Å². The van der Waals surface area contributed by atoms with Crippen LogP contribution < -0.4 is 10.5 Å². The number of nitrogens with two attached hydrogens (primary N) is 1. The van der Waals surface area contributed by atoms with Gasteiger partial charge in [-0.05, 0) is 24.3 Å². The highest BCUT2D eigenvalue weighted by atomic mass is 35.5. The fraction of sp³-hybridized carbons (Fsp3) is 0.143. The van der Waals surface area contributed by atoms with Crippen molar-refractivity contribution in [2.45, 2.75) is 13.2 Å². The van der Waals surface area contributed by atoms with Gasteiger partial charge in [-0.3, -0.25) is 10.1 Å². The third-order valence-corrected chi connectivity index (χ3v) is 3.49. The lowest BCUT2D eigenvalue weighted by Gasteiger charge is -2.12. The number of halogens is 2. The number of nitro benzene ring substituents is 1. The van der Waals surface area contributed by atoms with Crippen LogP contribution in [-0.4, -0.2) is 4.92 Å². The summed E-state index contributed by atoms with van der Waals surface area (Å²) in [5.41, 5.74) is 6.62. The number of benzene rings is 2. The summed E-state index contributed by atoms with van der Waals surface area (Å²) in [6, 6.07) is 9.47. The summed E-state index contributed by atoms with van der Waals surface area (Å²) in [4.78, 5) is 10.5. The van der Waals surface area contributed by atoms with Gasteiger partial charge in [0.05, 0.1) is 10.5 Å². The fourth-order valence-corrected chi connectivity index (χ4v) is 2.31. The summed E-state index contributed by atoms with van der Waals surface area (Å²) in [7, 11) is 0. The second kappa shape index (κ2) is 6.76. The van der Waals surface area contributed by atoms with Crippen LogP contribution >= 0.6 is 23.2 Å². The lowest BCUT2D eigenvalue weighted by molar-refractivity contribution is -0.385. The van der Waals surface area contributed by atoms with Gasteiger partial charge in [0.15, 0.2) is 0 Å². The van der Waals surface area contributed by atoms with Crippen molar-refractivity contribution < 1.29 is 9.66 Å². The average molecular weight is 327 g/mol. The zero-order valence-corrected chi connectivity index (χ0v) is 12.4. The van der Waals surface area contributed by atoms with Crippen molar-refractivity contribution in [3.05, 3.63) is 67.7 Å². The molecular weight excluding hydrogens is 315 g/mol. The van der Waals surface area contributed by atoms with Crippen LogP contribution in [0.25, 0.3) is 0 Å². The van der Waals surface area contributed by atoms with E-state index in [-0.39, 0.29) is 18.8 Å². The van der Waals surface area contributed by atoms with E-state index in [9.17, 15) is 10.1 Å². The summed E-state index contributed by atoms with van der Waals surface area (Å²) in [5.74, 6) is 0.499. The molecule has 2 N–H and O–H groups in total. The molecule has 0 saturated heterocycles. The first-order valence-corrected chi connectivity index (χ1v) is 6.81. The van der Waals surface area contributed by atoms with E-state index in [0.717, 1.165) is 0 Å². The number of nitrogens with zero attached hydrogens (tertiary/aromatic N) is 1. The Bertz CT molecular complexity index is 677. The van der Waals surface area contributed by atoms with E-state index in [1.807, 2.05) is 0 Å². The molecule has 0 aliphatic carbocycles. The highest BCUT2D eigenvalue weighted by molar-refractivity contribution is 6.31. The molecule has 0 radical (unpaired) electrons. The molecule has 2 aromatic carbocycles. The summed E-state index contributed by atoms with van der Waals surface area (Å²) in [6.07, 6.45) is 0. The van der Waals surface area contributed by atoms with Crippen LogP contribution in [0.2, 0.25) is 10.0 Å². The molecule has 7 heteroatoms. The monoisotopic (exact) mass is 326 g/mol. The normalized spacial score (nSPS) is 10.4. The number of ether oxygens (including phenoxy) is 1. The minimum atomic E-state index is -0.475. The lowest BCUT2D eigenvalue weighted by atomic mass is 10.2. The molecule has 0 saturated carbocycles. The molecule has 5 nitrogen and oxygen atoms in total. The molecular formula is C14H12Cl2N2O3. The molecule has 0 fully saturated rings. The van der Waals surface area contributed by atoms with Crippen molar-refractivity contribution in [3.63, 3.8) is 0 Å². The van der Waals surface area contributed by atoms with Gasteiger partial charge in [0.25, 0.3) is 5.69 Å². The standard InChI is InChI=1S/C14H12Cl2N2O3/c15-10-4-5-13(18(19)20)9(6-10)8-21-14-3-1-2-12(16)11(14)7-17/h1-6H,7-8,17H2. The van der Waals surface area contributed by atoms with Crippen LogP contribution in [0.15, 0.2) is 36.4 Å². The van der Waals surface area contributed by atoms with Gasteiger partial charge in [-0.15, -0.1) is 0 Å². The number of hydrogen-bond donors (Lipinski definition) is 1. The maximum atomic E-state index is 11.0. The van der Waals surface area contributed by atoms with Gasteiger partial charge in [0.2, 0.25) is 0 Å². The summed E-state index contributed by atoms with van der Waals surface area (Å²) >= 11 is 11.9. The Labute approximate surface area is 131 Å². The molecule has 2 rings (SSSR count). The zero-order chi connectivity index (χ0) is 15.4. The molecule has 2 aromatic rings. The molecule has 0 unspecified atom stereocenters. The van der Waals surface area contributed by atoms with E-state index in [1.54, 1.807) is 18.2 Å². The average Bonchev–Trinajstić information content (AvgIpc) is 2.44. The first-order valence-electron chi connectivity index (χ1n) is 6.06. The second-order valence-corrected chi connectivity index (χ2v) is 5.08. The maximum absolute atomic E-state index is 11.0. The minimum Gasteiger partial charge on any atom is -0.488 e. The van der Waals surface area contributed by atoms with Crippen molar-refractivity contribution in [3.8, 4) is 5.75 Å². The van der Waals surface area contributed by atoms with Crippen LogP contribution in [0, 0.1) is 10.1 Å². The quantitative estimate of drug-likeness (QED) is 0.666. The topological polar surface area (TPSA) is 78.4 Å². The predicted molar refractivity (Wildman–Crippen MR) is 81.8 cm³/mol. The smallest absolute Gasteiger partial charge is 0.276 e. The molecule has 0 aliphatic heterocycles. The zero-order valence-electron chi connectivity index (χ0n) is 10.9. The largest absolute Gasteiger partial charge is 0.488 e. The molecule has 0 aromatic heterocycles. The van der Waals surface area contributed by atoms with Gasteiger partial charge < -0.3 is 10.5 Å². The Kier molecular flexibility index (Phi) is 5.01. The van der Waals surface area contributed by atoms with Crippen LogP contribution in [0.1, 0.15) is 11.1 Å². The first-order chi connectivity index (χ1) is 10.0. The SMILES string of the molecule is NCc1c(Cl)cccc1OCc1cc(Cl)ccc1[N+](=O)[O-]. The minimum absolute atomic E-state index is 0.00418. The predicted octanol–water partition coefficient (Wildman–Crippen LogP) is 3.94. The molecule has 21 heavy (non-hydrogen) atoms. The van der Waals surface area contributed by atoms with Crippen molar-refractivity contribution in [2.24, 2.45) is 5.73 Å². The lowest BCUT2D eigenvalue weighted by Crippen LogP contribution is -2.05. The first kappa shape index (κ1) is 15.6. The highest BCUT2D eigenvalue weighted by Gasteiger charge is 2.15. The Hall–Kier alpha value is -1.82. The van der Waals surface area contributed by atoms with E-state index >= 15 is 0 Å². The highest BCUT2D eigenvalue weighted by Crippen LogP contribution is 2.28. The number of rotatable bonds is 5. The fourth-order valence-electron chi connectivity index (χ4n) is 1.88. The maximum Gasteiger partial charge on any atom is 0.276 e. The van der Waals surface area contributed by atoms with E-state index in [4.69, 9.17) is 33.7 Å². The van der Waals surface area contributed by atoms with Gasteiger partial charge in [0, 0.05) is 28.2 Å². The Morgan fingerprint density at radius 1 is 1.24 bits per heavy atom. The van der Waals surface area contributed by atoms with Gasteiger partial charge in [-0.2, -0.15) is 0 Å². The number of hydrogen-bond acceptors (Lipinski definition) is 4. The van der Waals surface area contributed by atoms with Gasteiger partial charge >= 0.3 is 0 Å². The summed E-state index contributed by atoms with van der Waals surface area (Å²) in [5, 5.41) is 11.9. The third kappa shape index (κ3) is 3.64. The van der Waals surface area contributed by atoms with Gasteiger partial charge in [0.1, 0.15) is 12.4 Å². The van der Waals surface area contributed by atoms with Crippen LogP contribution in [0.3, 0.4) is 0 Å². The van der Waals surface area contributed by atoms with Crippen molar-refractivity contribution in [1.82, 2.24) is 0 Å². The molecule has 0 bridgehead atoms. The molecule has 0 aliphatic rings. The molecule has 0 atom stereocenters. The van der Waals surface area contributed by atoms with Crippen molar-refractivity contribution >= 4 is 28.9 Å².